The second-order valence-corrected chi connectivity index (χ2v) is 3.87. The number of nitrogens with zero attached hydrogens (tertiary/aromatic N) is 4. The number of hydrogen-bond acceptors (Lipinski definition) is 5. The van der Waals surface area contributed by atoms with Crippen molar-refractivity contribution in [3.63, 3.8) is 0 Å². The van der Waals surface area contributed by atoms with Crippen LogP contribution >= 0.6 is 34.8 Å². The molecule has 0 bridgehead atoms. The van der Waals surface area contributed by atoms with E-state index in [1.165, 1.54) is 10.9 Å². The van der Waals surface area contributed by atoms with Gasteiger partial charge in [0.1, 0.15) is 5.69 Å². The van der Waals surface area contributed by atoms with Gasteiger partial charge in [-0.25, -0.2) is 14.6 Å². The number of anilines is 2. The average Bonchev–Trinajstić information content (AvgIpc) is 2.48. The Hall–Kier alpha value is -1.24. The van der Waals surface area contributed by atoms with E-state index in [0.717, 1.165) is 0 Å². The summed E-state index contributed by atoms with van der Waals surface area (Å²) in [4.78, 5) is 7.48. The van der Waals surface area contributed by atoms with Crippen LogP contribution < -0.4 is 11.5 Å². The molecule has 2 aromatic rings. The molecular formula is C7H5Cl3N6. The van der Waals surface area contributed by atoms with E-state index in [1.54, 1.807) is 0 Å². The molecule has 2 rings (SSSR count). The zero-order valence-electron chi connectivity index (χ0n) is 7.65. The monoisotopic (exact) mass is 278 g/mol. The zero-order valence-corrected chi connectivity index (χ0v) is 9.92. The molecule has 0 atom stereocenters. The summed E-state index contributed by atoms with van der Waals surface area (Å²) < 4.78 is 1.25. The lowest BCUT2D eigenvalue weighted by Gasteiger charge is -2.07. The first-order valence-electron chi connectivity index (χ1n) is 3.98. The largest absolute Gasteiger partial charge is 0.394 e. The summed E-state index contributed by atoms with van der Waals surface area (Å²) in [7, 11) is 0. The molecule has 84 valence electrons. The molecule has 0 aliphatic carbocycles. The molecule has 0 fully saturated rings. The molecule has 4 N–H and O–H groups in total. The molecule has 9 heteroatoms. The maximum atomic E-state index is 5.87. The molecule has 0 aromatic carbocycles. The lowest BCUT2D eigenvalue weighted by molar-refractivity contribution is 0.874. The Morgan fingerprint density at radius 3 is 2.06 bits per heavy atom. The molecular weight excluding hydrogens is 274 g/mol. The van der Waals surface area contributed by atoms with E-state index in [0.29, 0.717) is 5.69 Å². The van der Waals surface area contributed by atoms with Gasteiger partial charge in [-0.2, -0.15) is 5.10 Å². The maximum Gasteiger partial charge on any atom is 0.225 e. The van der Waals surface area contributed by atoms with Crippen molar-refractivity contribution in [3.8, 4) is 5.69 Å². The predicted molar refractivity (Wildman–Crippen MR) is 63.0 cm³/mol. The van der Waals surface area contributed by atoms with E-state index < -0.39 is 0 Å². The summed E-state index contributed by atoms with van der Waals surface area (Å²) in [6, 6.07) is 0. The second-order valence-electron chi connectivity index (χ2n) is 2.82. The SMILES string of the molecule is Nc1cnn(-c2c(Cl)nc(Cl)nc2Cl)c1N. The molecule has 0 aliphatic rings. The molecule has 6 nitrogen and oxygen atoms in total. The van der Waals surface area contributed by atoms with E-state index in [9.17, 15) is 0 Å². The van der Waals surface area contributed by atoms with E-state index >= 15 is 0 Å². The normalized spacial score (nSPS) is 10.7. The first-order valence-corrected chi connectivity index (χ1v) is 5.12. The summed E-state index contributed by atoms with van der Waals surface area (Å²) in [5.41, 5.74) is 11.8. The number of hydrogen-bond donors (Lipinski definition) is 2. The quantitative estimate of drug-likeness (QED) is 0.613. The lowest BCUT2D eigenvalue weighted by atomic mass is 10.5. The molecule has 0 unspecified atom stereocenters. The van der Waals surface area contributed by atoms with Crippen LogP contribution in [0.3, 0.4) is 0 Å². The molecule has 0 radical (unpaired) electrons. The van der Waals surface area contributed by atoms with Crippen LogP contribution in [0.1, 0.15) is 0 Å². The van der Waals surface area contributed by atoms with Crippen molar-refractivity contribution in [2.45, 2.75) is 0 Å². The molecule has 0 saturated carbocycles. The second kappa shape index (κ2) is 3.97. The van der Waals surface area contributed by atoms with Crippen LogP contribution in [0.25, 0.3) is 5.69 Å². The maximum absolute atomic E-state index is 5.87. The van der Waals surface area contributed by atoms with Crippen molar-refractivity contribution < 1.29 is 0 Å². The van der Waals surface area contributed by atoms with Gasteiger partial charge in [0.2, 0.25) is 5.28 Å². The van der Waals surface area contributed by atoms with Crippen LogP contribution in [0.4, 0.5) is 11.5 Å². The lowest BCUT2D eigenvalue weighted by Crippen LogP contribution is -2.06. The Kier molecular flexibility index (Phi) is 2.79. The fourth-order valence-corrected chi connectivity index (χ4v) is 1.90. The minimum absolute atomic E-state index is 0.0415. The topological polar surface area (TPSA) is 95.6 Å². The van der Waals surface area contributed by atoms with Crippen LogP contribution in [0, 0.1) is 0 Å². The van der Waals surface area contributed by atoms with Gasteiger partial charge < -0.3 is 11.5 Å². The zero-order chi connectivity index (χ0) is 11.9. The third-order valence-corrected chi connectivity index (χ3v) is 2.52. The molecule has 0 spiro atoms. The number of nitrogens with two attached hydrogens (primary N) is 2. The van der Waals surface area contributed by atoms with Crippen molar-refractivity contribution in [1.82, 2.24) is 19.7 Å². The smallest absolute Gasteiger partial charge is 0.225 e. The van der Waals surface area contributed by atoms with Gasteiger partial charge in [-0.1, -0.05) is 23.2 Å². The number of aromatic nitrogens is 4. The Bertz CT molecular complexity index is 528. The fraction of sp³-hybridized carbons (Fsp3) is 0. The van der Waals surface area contributed by atoms with Crippen molar-refractivity contribution in [2.24, 2.45) is 0 Å². The molecule has 16 heavy (non-hydrogen) atoms. The predicted octanol–water partition coefficient (Wildman–Crippen LogP) is 1.79. The number of nitrogen functional groups attached to an aromatic ring is 2. The third-order valence-electron chi connectivity index (χ3n) is 1.82. The van der Waals surface area contributed by atoms with Gasteiger partial charge in [-0.15, -0.1) is 0 Å². The summed E-state index contributed by atoms with van der Waals surface area (Å²) in [5.74, 6) is 0.203. The molecule has 0 aliphatic heterocycles. The van der Waals surface area contributed by atoms with Crippen LogP contribution in [0.2, 0.25) is 15.6 Å². The van der Waals surface area contributed by atoms with E-state index in [-0.39, 0.29) is 27.1 Å². The van der Waals surface area contributed by atoms with Crippen molar-refractivity contribution in [2.75, 3.05) is 11.5 Å². The minimum atomic E-state index is -0.0579. The van der Waals surface area contributed by atoms with Gasteiger partial charge in [0.25, 0.3) is 0 Å². The standard InChI is InChI=1S/C7H5Cl3N6/c8-4-3(5(9)15-7(10)14-4)16-6(12)2(11)1-13-16/h1H,11-12H2. The summed E-state index contributed by atoms with van der Waals surface area (Å²) >= 11 is 17.3. The van der Waals surface area contributed by atoms with Gasteiger partial charge in [-0.05, 0) is 11.6 Å². The Balaban J connectivity index is 2.69. The van der Waals surface area contributed by atoms with E-state index in [4.69, 9.17) is 46.3 Å². The fourth-order valence-electron chi connectivity index (χ4n) is 1.10. The molecule has 2 heterocycles. The van der Waals surface area contributed by atoms with E-state index in [1.807, 2.05) is 0 Å². The first kappa shape index (κ1) is 11.3. The highest BCUT2D eigenvalue weighted by atomic mass is 35.5. The van der Waals surface area contributed by atoms with Gasteiger partial charge >= 0.3 is 0 Å². The van der Waals surface area contributed by atoms with Crippen molar-refractivity contribution >= 4 is 46.3 Å². The molecule has 2 aromatic heterocycles. The summed E-state index contributed by atoms with van der Waals surface area (Å²) in [6.45, 7) is 0. The Morgan fingerprint density at radius 2 is 1.62 bits per heavy atom. The van der Waals surface area contributed by atoms with Crippen LogP contribution in [0.15, 0.2) is 6.20 Å². The third kappa shape index (κ3) is 1.75. The van der Waals surface area contributed by atoms with Crippen LogP contribution in [0.5, 0.6) is 0 Å². The summed E-state index contributed by atoms with van der Waals surface area (Å²) in [5, 5.41) is 3.94. The highest BCUT2D eigenvalue weighted by Gasteiger charge is 2.16. The minimum Gasteiger partial charge on any atom is -0.394 e. The van der Waals surface area contributed by atoms with Crippen molar-refractivity contribution in [1.29, 1.82) is 0 Å². The Morgan fingerprint density at radius 1 is 1.06 bits per heavy atom. The summed E-state index contributed by atoms with van der Waals surface area (Å²) in [6.07, 6.45) is 1.37. The first-order chi connectivity index (χ1) is 7.50. The van der Waals surface area contributed by atoms with Gasteiger partial charge in [0.05, 0.1) is 11.9 Å². The highest BCUT2D eigenvalue weighted by molar-refractivity contribution is 6.37. The van der Waals surface area contributed by atoms with Crippen LogP contribution in [-0.2, 0) is 0 Å². The molecule has 0 amide bonds. The van der Waals surface area contributed by atoms with Gasteiger partial charge in [0.15, 0.2) is 16.1 Å². The van der Waals surface area contributed by atoms with Crippen LogP contribution in [-0.4, -0.2) is 19.7 Å². The van der Waals surface area contributed by atoms with Crippen molar-refractivity contribution in [3.05, 3.63) is 21.8 Å². The highest BCUT2D eigenvalue weighted by Crippen LogP contribution is 2.29. The van der Waals surface area contributed by atoms with Gasteiger partial charge in [0, 0.05) is 0 Å². The Labute approximate surface area is 105 Å². The molecule has 0 saturated heterocycles. The van der Waals surface area contributed by atoms with Gasteiger partial charge in [-0.3, -0.25) is 0 Å². The average molecular weight is 280 g/mol. The number of halogens is 3. The van der Waals surface area contributed by atoms with E-state index in [2.05, 4.69) is 15.1 Å². The number of rotatable bonds is 1.